The minimum absolute atomic E-state index is 0.0100. The summed E-state index contributed by atoms with van der Waals surface area (Å²) in [5.74, 6) is 0.694. The predicted molar refractivity (Wildman–Crippen MR) is 186 cm³/mol. The lowest BCUT2D eigenvalue weighted by Gasteiger charge is -2.35. The zero-order valence-electron chi connectivity index (χ0n) is 29.7. The van der Waals surface area contributed by atoms with Crippen molar-refractivity contribution in [1.82, 2.24) is 14.9 Å². The van der Waals surface area contributed by atoms with Crippen LogP contribution in [0.1, 0.15) is 58.9 Å². The van der Waals surface area contributed by atoms with Gasteiger partial charge in [0, 0.05) is 25.7 Å². The molecule has 0 radical (unpaired) electrons. The van der Waals surface area contributed by atoms with Gasteiger partial charge in [-0.3, -0.25) is 0 Å². The molecule has 0 aliphatic carbocycles. The Balaban J connectivity index is 1.31. The lowest BCUT2D eigenvalue weighted by atomic mass is 9.87. The first-order valence-corrected chi connectivity index (χ1v) is 19.0. The molecule has 0 aromatic heterocycles. The number of unbranched alkanes of at least 4 members (excludes halogenated alkanes) is 1. The Kier molecular flexibility index (Phi) is 13.1. The zero-order chi connectivity index (χ0) is 36.6. The molecule has 3 N–H and O–H groups in total. The number of ether oxygens (including phenoxy) is 6. The van der Waals surface area contributed by atoms with E-state index in [9.17, 15) is 23.1 Å². The average molecular weight is 734 g/mol. The zero-order valence-corrected chi connectivity index (χ0v) is 30.6. The van der Waals surface area contributed by atoms with E-state index in [4.69, 9.17) is 28.4 Å². The van der Waals surface area contributed by atoms with Crippen LogP contribution >= 0.6 is 0 Å². The average Bonchev–Trinajstić information content (AvgIpc) is 3.83. The second kappa shape index (κ2) is 17.3. The van der Waals surface area contributed by atoms with Crippen LogP contribution in [-0.2, 0) is 35.4 Å². The molecule has 0 saturated carbocycles. The highest BCUT2D eigenvalue weighted by Crippen LogP contribution is 2.36. The van der Waals surface area contributed by atoms with E-state index in [1.165, 1.54) is 16.4 Å². The third kappa shape index (κ3) is 10.7. The Morgan fingerprint density at radius 1 is 1.04 bits per heavy atom. The minimum atomic E-state index is -4.18. The van der Waals surface area contributed by atoms with Crippen LogP contribution in [0, 0.1) is 11.3 Å². The van der Waals surface area contributed by atoms with Gasteiger partial charge in [0.15, 0.2) is 17.8 Å². The normalized spacial score (nSPS) is 21.0. The number of carbonyl (C=O) groups excluding carboxylic acids is 2. The van der Waals surface area contributed by atoms with Gasteiger partial charge in [-0.25, -0.2) is 18.0 Å². The van der Waals surface area contributed by atoms with Crippen molar-refractivity contribution < 1.29 is 51.5 Å². The van der Waals surface area contributed by atoms with Crippen molar-refractivity contribution in [1.29, 1.82) is 0 Å². The first-order valence-electron chi connectivity index (χ1n) is 17.6. The SMILES string of the molecule is CC(C)OC(=O)NCCCCC(C)(C)CN(C[C@@H](O)[C@H](Cc1ccccc1)NC(=O)O[C@H]1CO[C@H]2OCC[C@H]21)S(=O)(=O)c1ccc2c(c1)OCO2. The fourth-order valence-corrected chi connectivity index (χ4v) is 8.19. The molecule has 5 atom stereocenters. The number of benzene rings is 2. The molecule has 2 aromatic rings. The molecule has 51 heavy (non-hydrogen) atoms. The number of aliphatic hydroxyl groups excluding tert-OH is 1. The molecule has 3 heterocycles. The van der Waals surface area contributed by atoms with Crippen molar-refractivity contribution in [3.63, 3.8) is 0 Å². The third-order valence-corrected chi connectivity index (χ3v) is 11.0. The van der Waals surface area contributed by atoms with Crippen LogP contribution in [0.3, 0.4) is 0 Å². The number of nitrogens with one attached hydrogen (secondary N) is 2. The third-order valence-electron chi connectivity index (χ3n) is 9.18. The van der Waals surface area contributed by atoms with Crippen LogP contribution in [0.15, 0.2) is 53.4 Å². The molecule has 2 saturated heterocycles. The fourth-order valence-electron chi connectivity index (χ4n) is 6.52. The van der Waals surface area contributed by atoms with E-state index >= 15 is 0 Å². The van der Waals surface area contributed by atoms with Gasteiger partial charge in [0.2, 0.25) is 16.8 Å². The molecule has 282 valence electrons. The van der Waals surface area contributed by atoms with Gasteiger partial charge in [-0.1, -0.05) is 50.6 Å². The Morgan fingerprint density at radius 3 is 2.57 bits per heavy atom. The summed E-state index contributed by atoms with van der Waals surface area (Å²) in [6.07, 6.45) is -0.707. The number of carbonyl (C=O) groups is 2. The van der Waals surface area contributed by atoms with Gasteiger partial charge < -0.3 is 44.2 Å². The van der Waals surface area contributed by atoms with Crippen molar-refractivity contribution in [3.05, 3.63) is 54.1 Å². The van der Waals surface area contributed by atoms with Crippen molar-refractivity contribution in [2.24, 2.45) is 11.3 Å². The second-order valence-corrected chi connectivity index (χ2v) is 16.2. The van der Waals surface area contributed by atoms with Crippen LogP contribution in [-0.4, -0.2) is 100 Å². The Labute approximate surface area is 300 Å². The highest BCUT2D eigenvalue weighted by molar-refractivity contribution is 7.89. The molecular formula is C36H51N3O11S. The first kappa shape index (κ1) is 38.6. The molecule has 0 bridgehead atoms. The number of rotatable bonds is 17. The topological polar surface area (TPSA) is 171 Å². The summed E-state index contributed by atoms with van der Waals surface area (Å²) in [7, 11) is -4.18. The lowest BCUT2D eigenvalue weighted by molar-refractivity contribution is -0.0907. The maximum absolute atomic E-state index is 14.3. The number of sulfonamides is 1. The summed E-state index contributed by atoms with van der Waals surface area (Å²) in [4.78, 5) is 25.1. The summed E-state index contributed by atoms with van der Waals surface area (Å²) in [6, 6.07) is 12.9. The van der Waals surface area contributed by atoms with Gasteiger partial charge >= 0.3 is 12.2 Å². The number of aliphatic hydroxyl groups is 1. The van der Waals surface area contributed by atoms with Gasteiger partial charge in [0.1, 0.15) is 6.10 Å². The molecule has 3 aliphatic heterocycles. The maximum Gasteiger partial charge on any atom is 0.407 e. The molecule has 3 aliphatic rings. The molecule has 2 aromatic carbocycles. The number of hydrogen-bond donors (Lipinski definition) is 3. The van der Waals surface area contributed by atoms with Gasteiger partial charge in [-0.2, -0.15) is 4.31 Å². The van der Waals surface area contributed by atoms with Crippen molar-refractivity contribution in [2.75, 3.05) is 39.6 Å². The monoisotopic (exact) mass is 733 g/mol. The van der Waals surface area contributed by atoms with E-state index in [0.717, 1.165) is 5.56 Å². The first-order chi connectivity index (χ1) is 24.3. The Hall–Kier alpha value is -3.63. The quantitative estimate of drug-likeness (QED) is 0.199. The lowest BCUT2D eigenvalue weighted by Crippen LogP contribution is -2.52. The molecule has 5 rings (SSSR count). The Morgan fingerprint density at radius 2 is 1.80 bits per heavy atom. The van der Waals surface area contributed by atoms with E-state index in [2.05, 4.69) is 10.6 Å². The maximum atomic E-state index is 14.3. The van der Waals surface area contributed by atoms with Crippen molar-refractivity contribution in [3.8, 4) is 11.5 Å². The summed E-state index contributed by atoms with van der Waals surface area (Å²) >= 11 is 0. The number of hydrogen-bond acceptors (Lipinski definition) is 11. The van der Waals surface area contributed by atoms with E-state index in [0.29, 0.717) is 50.3 Å². The summed E-state index contributed by atoms with van der Waals surface area (Å²) < 4.78 is 62.8. The van der Waals surface area contributed by atoms with Crippen LogP contribution in [0.2, 0.25) is 0 Å². The number of fused-ring (bicyclic) bond motifs is 2. The van der Waals surface area contributed by atoms with Crippen LogP contribution in [0.25, 0.3) is 0 Å². The van der Waals surface area contributed by atoms with Gasteiger partial charge in [-0.15, -0.1) is 0 Å². The molecule has 0 spiro atoms. The molecule has 15 heteroatoms. The van der Waals surface area contributed by atoms with E-state index < -0.39 is 52.2 Å². The largest absolute Gasteiger partial charge is 0.454 e. The van der Waals surface area contributed by atoms with E-state index in [1.807, 2.05) is 44.2 Å². The summed E-state index contributed by atoms with van der Waals surface area (Å²) in [6.45, 7) is 8.38. The number of alkyl carbamates (subject to hydrolysis) is 2. The molecular weight excluding hydrogens is 682 g/mol. The van der Waals surface area contributed by atoms with Crippen molar-refractivity contribution in [2.45, 2.75) is 95.3 Å². The Bertz CT molecular complexity index is 1570. The van der Waals surface area contributed by atoms with E-state index in [-0.39, 0.29) is 49.8 Å². The highest BCUT2D eigenvalue weighted by atomic mass is 32.2. The predicted octanol–water partition coefficient (Wildman–Crippen LogP) is 4.20. The van der Waals surface area contributed by atoms with Gasteiger partial charge in [-0.05, 0) is 62.6 Å². The molecule has 0 unspecified atom stereocenters. The minimum Gasteiger partial charge on any atom is -0.454 e. The molecule has 14 nitrogen and oxygen atoms in total. The van der Waals surface area contributed by atoms with Gasteiger partial charge in [0.25, 0.3) is 0 Å². The highest BCUT2D eigenvalue weighted by Gasteiger charge is 2.44. The number of amides is 2. The smallest absolute Gasteiger partial charge is 0.407 e. The van der Waals surface area contributed by atoms with E-state index in [1.54, 1.807) is 19.9 Å². The van der Waals surface area contributed by atoms with Crippen LogP contribution in [0.5, 0.6) is 11.5 Å². The number of nitrogens with zero attached hydrogens (tertiary/aromatic N) is 1. The summed E-state index contributed by atoms with van der Waals surface area (Å²) in [5, 5.41) is 17.4. The standard InChI is InChI=1S/C36H51N3O11S/c1-24(2)49-34(41)37-16-9-8-15-36(3,4)22-39(51(43,44)26-12-13-30-31(19-26)48-23-47-30)20-29(40)28(18-25-10-6-5-7-11-25)38-35(42)50-32-21-46-33-27(32)14-17-45-33/h5-7,10-13,19,24,27-29,32-33,40H,8-9,14-18,20-23H2,1-4H3,(H,37,41)(H,38,42)/t27-,28-,29+,32-,33+/m0/s1. The summed E-state index contributed by atoms with van der Waals surface area (Å²) in [5.41, 5.74) is 0.303. The fraction of sp³-hybridized carbons (Fsp3) is 0.611. The molecule has 2 fully saturated rings. The van der Waals surface area contributed by atoms with Crippen molar-refractivity contribution >= 4 is 22.2 Å². The van der Waals surface area contributed by atoms with Crippen LogP contribution in [0.4, 0.5) is 9.59 Å². The van der Waals surface area contributed by atoms with Crippen LogP contribution < -0.4 is 20.1 Å². The van der Waals surface area contributed by atoms with Gasteiger partial charge in [0.05, 0.1) is 42.3 Å². The second-order valence-electron chi connectivity index (χ2n) is 14.3. The molecule has 2 amide bonds.